The summed E-state index contributed by atoms with van der Waals surface area (Å²) in [4.78, 5) is 29.8. The standard InChI is InChI=1S/C22H31N7O2/c1-16(2)18-15-29-20(22(31)24-18)19(25-26-29)21(30)23-9-6-10-27-11-13-28(14-12-27)17-7-4-3-5-8-17/h3-5,7-8,16,18H,6,9-15H2,1-2H3,(H,23,30)(H,24,31)/t18-/m1/s1. The fraction of sp³-hybridized carbons (Fsp3) is 0.545. The molecule has 2 aromatic rings. The van der Waals surface area contributed by atoms with Gasteiger partial charge in [-0.15, -0.1) is 5.10 Å². The summed E-state index contributed by atoms with van der Waals surface area (Å²) in [5.41, 5.74) is 1.64. The van der Waals surface area contributed by atoms with Gasteiger partial charge in [0.1, 0.15) is 0 Å². The lowest BCUT2D eigenvalue weighted by Gasteiger charge is -2.36. The molecule has 166 valence electrons. The molecule has 2 aliphatic rings. The van der Waals surface area contributed by atoms with Crippen molar-refractivity contribution in [3.63, 3.8) is 0 Å². The Morgan fingerprint density at radius 2 is 1.94 bits per heavy atom. The molecule has 9 heteroatoms. The van der Waals surface area contributed by atoms with Crippen LogP contribution < -0.4 is 15.5 Å². The van der Waals surface area contributed by atoms with E-state index in [1.165, 1.54) is 5.69 Å². The van der Waals surface area contributed by atoms with Crippen LogP contribution in [0.3, 0.4) is 0 Å². The molecule has 0 aliphatic carbocycles. The number of fused-ring (bicyclic) bond motifs is 1. The third-order valence-electron chi connectivity index (χ3n) is 6.09. The number of carbonyl (C=O) groups is 2. The summed E-state index contributed by atoms with van der Waals surface area (Å²) in [5, 5.41) is 13.8. The quantitative estimate of drug-likeness (QED) is 0.643. The van der Waals surface area contributed by atoms with Crippen molar-refractivity contribution in [3.8, 4) is 0 Å². The van der Waals surface area contributed by atoms with E-state index >= 15 is 0 Å². The van der Waals surface area contributed by atoms with Crippen LogP contribution in [0.25, 0.3) is 0 Å². The maximum Gasteiger partial charge on any atom is 0.274 e. The molecule has 0 spiro atoms. The van der Waals surface area contributed by atoms with Crippen LogP contribution in [0.5, 0.6) is 0 Å². The SMILES string of the molecule is CC(C)[C@H]1Cn2nnc(C(=O)NCCCN3CCN(c4ccccc4)CC3)c2C(=O)N1. The average Bonchev–Trinajstić information content (AvgIpc) is 3.22. The number of carbonyl (C=O) groups excluding carboxylic acids is 2. The molecule has 1 fully saturated rings. The van der Waals surface area contributed by atoms with Crippen molar-refractivity contribution in [1.82, 2.24) is 30.5 Å². The maximum absolute atomic E-state index is 12.6. The Morgan fingerprint density at radius 3 is 2.65 bits per heavy atom. The van der Waals surface area contributed by atoms with Gasteiger partial charge in [0, 0.05) is 38.4 Å². The molecule has 0 radical (unpaired) electrons. The molecule has 9 nitrogen and oxygen atoms in total. The summed E-state index contributed by atoms with van der Waals surface area (Å²) in [6.07, 6.45) is 0.849. The first-order chi connectivity index (χ1) is 15.0. The van der Waals surface area contributed by atoms with Gasteiger partial charge in [0.25, 0.3) is 11.8 Å². The third-order valence-corrected chi connectivity index (χ3v) is 6.09. The molecule has 1 aromatic heterocycles. The predicted molar refractivity (Wildman–Crippen MR) is 118 cm³/mol. The minimum Gasteiger partial charge on any atom is -0.369 e. The summed E-state index contributed by atoms with van der Waals surface area (Å²) in [7, 11) is 0. The van der Waals surface area contributed by atoms with E-state index in [-0.39, 0.29) is 35.2 Å². The second-order valence-electron chi connectivity index (χ2n) is 8.57. The van der Waals surface area contributed by atoms with Crippen molar-refractivity contribution >= 4 is 17.5 Å². The first kappa shape index (κ1) is 21.3. The number of hydrogen-bond acceptors (Lipinski definition) is 6. The number of benzene rings is 1. The zero-order valence-corrected chi connectivity index (χ0v) is 18.3. The first-order valence-corrected chi connectivity index (χ1v) is 11.1. The van der Waals surface area contributed by atoms with E-state index in [9.17, 15) is 9.59 Å². The van der Waals surface area contributed by atoms with Gasteiger partial charge < -0.3 is 15.5 Å². The molecule has 1 aromatic carbocycles. The molecule has 0 bridgehead atoms. The van der Waals surface area contributed by atoms with E-state index in [0.29, 0.717) is 13.1 Å². The van der Waals surface area contributed by atoms with Crippen LogP contribution in [-0.4, -0.2) is 77.0 Å². The third kappa shape index (κ3) is 4.87. The molecule has 4 rings (SSSR count). The zero-order valence-electron chi connectivity index (χ0n) is 18.3. The first-order valence-electron chi connectivity index (χ1n) is 11.1. The van der Waals surface area contributed by atoms with Gasteiger partial charge in [0.15, 0.2) is 11.4 Å². The van der Waals surface area contributed by atoms with Crippen LogP contribution in [0.2, 0.25) is 0 Å². The second kappa shape index (κ2) is 9.47. The van der Waals surface area contributed by atoms with Crippen LogP contribution in [0.15, 0.2) is 30.3 Å². The Hall–Kier alpha value is -2.94. The number of rotatable bonds is 7. The van der Waals surface area contributed by atoms with E-state index in [2.05, 4.69) is 55.0 Å². The van der Waals surface area contributed by atoms with Gasteiger partial charge in [-0.3, -0.25) is 14.5 Å². The van der Waals surface area contributed by atoms with Crippen molar-refractivity contribution < 1.29 is 9.59 Å². The van der Waals surface area contributed by atoms with Gasteiger partial charge in [-0.1, -0.05) is 37.3 Å². The van der Waals surface area contributed by atoms with Crippen LogP contribution in [0.1, 0.15) is 41.2 Å². The Kier molecular flexibility index (Phi) is 6.50. The van der Waals surface area contributed by atoms with E-state index in [4.69, 9.17) is 0 Å². The molecule has 1 saturated heterocycles. The molecule has 0 saturated carbocycles. The van der Waals surface area contributed by atoms with Gasteiger partial charge in [0.2, 0.25) is 0 Å². The number of amides is 2. The van der Waals surface area contributed by atoms with Crippen molar-refractivity contribution in [2.24, 2.45) is 5.92 Å². The molecule has 0 unspecified atom stereocenters. The number of piperazine rings is 1. The van der Waals surface area contributed by atoms with Crippen LogP contribution in [0, 0.1) is 5.92 Å². The Bertz CT molecular complexity index is 904. The van der Waals surface area contributed by atoms with Gasteiger partial charge in [-0.05, 0) is 31.0 Å². The van der Waals surface area contributed by atoms with Gasteiger partial charge in [-0.25, -0.2) is 4.68 Å². The smallest absolute Gasteiger partial charge is 0.274 e. The molecular weight excluding hydrogens is 394 g/mol. The maximum atomic E-state index is 12.6. The van der Waals surface area contributed by atoms with Crippen LogP contribution in [-0.2, 0) is 6.54 Å². The molecular formula is C22H31N7O2. The second-order valence-corrected chi connectivity index (χ2v) is 8.57. The van der Waals surface area contributed by atoms with Gasteiger partial charge in [0.05, 0.1) is 12.6 Å². The molecule has 2 amide bonds. The van der Waals surface area contributed by atoms with Crippen molar-refractivity contribution in [2.75, 3.05) is 44.2 Å². The van der Waals surface area contributed by atoms with E-state index in [0.717, 1.165) is 39.1 Å². The van der Waals surface area contributed by atoms with Crippen LogP contribution >= 0.6 is 0 Å². The molecule has 3 heterocycles. The molecule has 2 aliphatic heterocycles. The van der Waals surface area contributed by atoms with Crippen molar-refractivity contribution in [1.29, 1.82) is 0 Å². The zero-order chi connectivity index (χ0) is 21.8. The van der Waals surface area contributed by atoms with Crippen LogP contribution in [0.4, 0.5) is 5.69 Å². The number of anilines is 1. The molecule has 31 heavy (non-hydrogen) atoms. The summed E-state index contributed by atoms with van der Waals surface area (Å²) in [6.45, 7) is 10.1. The highest BCUT2D eigenvalue weighted by atomic mass is 16.2. The largest absolute Gasteiger partial charge is 0.369 e. The Morgan fingerprint density at radius 1 is 1.19 bits per heavy atom. The van der Waals surface area contributed by atoms with Crippen molar-refractivity contribution in [3.05, 3.63) is 41.7 Å². The fourth-order valence-electron chi connectivity index (χ4n) is 4.12. The number of aromatic nitrogens is 3. The van der Waals surface area contributed by atoms with Gasteiger partial charge in [-0.2, -0.15) is 0 Å². The highest BCUT2D eigenvalue weighted by Crippen LogP contribution is 2.17. The topological polar surface area (TPSA) is 95.4 Å². The lowest BCUT2D eigenvalue weighted by molar-refractivity contribution is 0.0861. The Balaban J connectivity index is 1.21. The number of nitrogens with zero attached hydrogens (tertiary/aromatic N) is 5. The molecule has 1 atom stereocenters. The normalized spacial score (nSPS) is 19.3. The minimum atomic E-state index is -0.340. The summed E-state index contributed by atoms with van der Waals surface area (Å²) in [5.74, 6) is -0.335. The minimum absolute atomic E-state index is 0.0000287. The molecule has 2 N–H and O–H groups in total. The average molecular weight is 426 g/mol. The number of para-hydroxylation sites is 1. The van der Waals surface area contributed by atoms with E-state index in [1.54, 1.807) is 4.68 Å². The summed E-state index contributed by atoms with van der Waals surface area (Å²) >= 11 is 0. The fourth-order valence-corrected chi connectivity index (χ4v) is 4.12. The summed E-state index contributed by atoms with van der Waals surface area (Å²) in [6, 6.07) is 10.5. The number of nitrogens with one attached hydrogen (secondary N) is 2. The highest BCUT2D eigenvalue weighted by Gasteiger charge is 2.32. The Labute approximate surface area is 182 Å². The van der Waals surface area contributed by atoms with Gasteiger partial charge >= 0.3 is 0 Å². The lowest BCUT2D eigenvalue weighted by atomic mass is 10.0. The van der Waals surface area contributed by atoms with Crippen molar-refractivity contribution in [2.45, 2.75) is 32.9 Å². The summed E-state index contributed by atoms with van der Waals surface area (Å²) < 4.78 is 1.55. The monoisotopic (exact) mass is 425 g/mol. The predicted octanol–water partition coefficient (Wildman–Crippen LogP) is 0.988. The number of hydrogen-bond donors (Lipinski definition) is 2. The highest BCUT2D eigenvalue weighted by molar-refractivity contribution is 6.05. The van der Waals surface area contributed by atoms with E-state index in [1.807, 2.05) is 19.9 Å². The van der Waals surface area contributed by atoms with E-state index < -0.39 is 0 Å². The lowest BCUT2D eigenvalue weighted by Crippen LogP contribution is -2.48.